The van der Waals surface area contributed by atoms with Crippen molar-refractivity contribution in [2.45, 2.75) is 38.5 Å². The second-order valence-corrected chi connectivity index (χ2v) is 8.08. The predicted octanol–water partition coefficient (Wildman–Crippen LogP) is -6.47. The standard InChI is InChI=1S/C24H20N2O8.2Na/c27-19-15-9-7-13(23(31)32)11(17(15)21(29)25-19)5-3-1-2-4-6-12-14(24(33)34)8-10-16-18(12)22(30)26-20(16)28;;/h7-10H,1-6H2,(H,31,32)(H,33,34)(H,25,27,29)(H,26,28,30);;/q;2*+1/p-2. The molecule has 0 fully saturated rings. The van der Waals surface area contributed by atoms with E-state index in [1.807, 2.05) is 0 Å². The minimum atomic E-state index is -1.44. The first-order valence-corrected chi connectivity index (χ1v) is 10.7. The van der Waals surface area contributed by atoms with Crippen molar-refractivity contribution in [1.29, 1.82) is 0 Å². The molecular formula is C24H18N2Na2O8. The maximum Gasteiger partial charge on any atom is 1.00 e. The average molecular weight is 508 g/mol. The van der Waals surface area contributed by atoms with Gasteiger partial charge in [0.25, 0.3) is 23.6 Å². The van der Waals surface area contributed by atoms with Gasteiger partial charge in [0.15, 0.2) is 0 Å². The summed E-state index contributed by atoms with van der Waals surface area (Å²) < 4.78 is 0. The fourth-order valence-electron chi connectivity index (χ4n) is 4.52. The minimum absolute atomic E-state index is 0. The van der Waals surface area contributed by atoms with Gasteiger partial charge in [-0.15, -0.1) is 0 Å². The monoisotopic (exact) mass is 508 g/mol. The Labute approximate surface area is 249 Å². The molecule has 0 radical (unpaired) electrons. The van der Waals surface area contributed by atoms with E-state index in [2.05, 4.69) is 10.6 Å². The summed E-state index contributed by atoms with van der Waals surface area (Å²) in [6.45, 7) is 0. The van der Waals surface area contributed by atoms with Crippen LogP contribution >= 0.6 is 0 Å². The number of imide groups is 2. The van der Waals surface area contributed by atoms with E-state index >= 15 is 0 Å². The number of rotatable bonds is 9. The van der Waals surface area contributed by atoms with Gasteiger partial charge in [0.1, 0.15) is 0 Å². The fourth-order valence-corrected chi connectivity index (χ4v) is 4.52. The number of carboxylic acid groups (broad SMARTS) is 2. The Morgan fingerprint density at radius 3 is 1.28 bits per heavy atom. The number of carbonyl (C=O) groups is 6. The minimum Gasteiger partial charge on any atom is -0.545 e. The summed E-state index contributed by atoms with van der Waals surface area (Å²) in [5.74, 6) is -5.31. The molecule has 0 aromatic heterocycles. The van der Waals surface area contributed by atoms with Crippen LogP contribution in [-0.2, 0) is 12.8 Å². The zero-order chi connectivity index (χ0) is 24.6. The Hall–Kier alpha value is -2.34. The van der Waals surface area contributed by atoms with Gasteiger partial charge >= 0.3 is 59.1 Å². The van der Waals surface area contributed by atoms with Gasteiger partial charge in [-0.2, -0.15) is 0 Å². The Bertz CT molecular complexity index is 1210. The maximum absolute atomic E-state index is 12.1. The molecule has 2 aromatic rings. The number of carbonyl (C=O) groups excluding carboxylic acids is 6. The molecule has 0 bridgehead atoms. The fraction of sp³-hybridized carbons (Fsp3) is 0.250. The number of fused-ring (bicyclic) bond motifs is 2. The van der Waals surface area contributed by atoms with Crippen molar-refractivity contribution in [1.82, 2.24) is 10.6 Å². The van der Waals surface area contributed by atoms with Crippen LogP contribution in [0.1, 0.15) is 99.0 Å². The average Bonchev–Trinajstić information content (AvgIpc) is 3.24. The quantitative estimate of drug-likeness (QED) is 0.191. The number of hydrogen-bond acceptors (Lipinski definition) is 8. The van der Waals surface area contributed by atoms with Crippen LogP contribution in [0, 0.1) is 0 Å². The number of unbranched alkanes of at least 4 members (excludes halogenated alkanes) is 3. The molecule has 2 aliphatic rings. The number of nitrogens with one attached hydrogen (secondary N) is 2. The van der Waals surface area contributed by atoms with E-state index < -0.39 is 35.6 Å². The first kappa shape index (κ1) is 29.9. The Kier molecular flexibility index (Phi) is 10.2. The largest absolute Gasteiger partial charge is 1.00 e. The van der Waals surface area contributed by atoms with Gasteiger partial charge in [-0.25, -0.2) is 0 Å². The zero-order valence-corrected chi connectivity index (χ0v) is 23.8. The van der Waals surface area contributed by atoms with Crippen molar-refractivity contribution in [3.63, 3.8) is 0 Å². The molecule has 12 heteroatoms. The molecule has 36 heavy (non-hydrogen) atoms. The van der Waals surface area contributed by atoms with Crippen LogP contribution in [0.4, 0.5) is 0 Å². The number of aromatic carboxylic acids is 2. The second-order valence-electron chi connectivity index (χ2n) is 8.08. The Morgan fingerprint density at radius 1 is 0.583 bits per heavy atom. The number of amides is 4. The van der Waals surface area contributed by atoms with Crippen LogP contribution in [0.5, 0.6) is 0 Å². The number of hydrogen-bond donors (Lipinski definition) is 2. The van der Waals surface area contributed by atoms with E-state index in [0.717, 1.165) is 0 Å². The summed E-state index contributed by atoms with van der Waals surface area (Å²) in [5.41, 5.74) is 0.584. The normalized spacial score (nSPS) is 13.2. The molecule has 0 saturated heterocycles. The van der Waals surface area contributed by atoms with Crippen LogP contribution in [0.15, 0.2) is 24.3 Å². The summed E-state index contributed by atoms with van der Waals surface area (Å²) in [5, 5.41) is 27.3. The van der Waals surface area contributed by atoms with E-state index in [1.165, 1.54) is 24.3 Å². The second kappa shape index (κ2) is 12.3. The van der Waals surface area contributed by atoms with Crippen molar-refractivity contribution in [2.24, 2.45) is 0 Å². The van der Waals surface area contributed by atoms with Gasteiger partial charge in [-0.3, -0.25) is 29.8 Å². The first-order chi connectivity index (χ1) is 16.2. The van der Waals surface area contributed by atoms with Crippen LogP contribution in [0.25, 0.3) is 0 Å². The summed E-state index contributed by atoms with van der Waals surface area (Å²) in [6, 6.07) is 5.09. The van der Waals surface area contributed by atoms with Gasteiger partial charge in [0, 0.05) is 11.1 Å². The molecule has 0 aliphatic carbocycles. The van der Waals surface area contributed by atoms with E-state index in [9.17, 15) is 39.0 Å². The molecule has 4 amide bonds. The molecule has 0 atom stereocenters. The maximum atomic E-state index is 12.1. The van der Waals surface area contributed by atoms with Crippen molar-refractivity contribution >= 4 is 35.6 Å². The van der Waals surface area contributed by atoms with Gasteiger partial charge in [0.2, 0.25) is 0 Å². The van der Waals surface area contributed by atoms with E-state index in [0.29, 0.717) is 25.7 Å². The molecule has 2 heterocycles. The molecule has 2 N–H and O–H groups in total. The number of benzene rings is 2. The van der Waals surface area contributed by atoms with Gasteiger partial charge in [0.05, 0.1) is 34.2 Å². The smallest absolute Gasteiger partial charge is 0.545 e. The molecular weight excluding hydrogens is 490 g/mol. The van der Waals surface area contributed by atoms with Crippen molar-refractivity contribution in [3.8, 4) is 0 Å². The Morgan fingerprint density at radius 2 is 0.944 bits per heavy atom. The molecule has 10 nitrogen and oxygen atoms in total. The molecule has 2 aromatic carbocycles. The van der Waals surface area contributed by atoms with Crippen LogP contribution in [0.2, 0.25) is 0 Å². The molecule has 0 saturated carbocycles. The van der Waals surface area contributed by atoms with Gasteiger partial charge in [-0.05, 0) is 48.9 Å². The van der Waals surface area contributed by atoms with Crippen molar-refractivity contribution in [2.75, 3.05) is 0 Å². The van der Waals surface area contributed by atoms with E-state index in [1.54, 1.807) is 0 Å². The molecule has 0 spiro atoms. The SMILES string of the molecule is O=C([O-])c1ccc2c(c1CCCCCCc1c(C(=O)[O-])ccc3c1C(=O)NC3=O)C(=O)NC2=O.[Na+].[Na+]. The van der Waals surface area contributed by atoms with Crippen LogP contribution in [0.3, 0.4) is 0 Å². The van der Waals surface area contributed by atoms with Crippen LogP contribution < -0.4 is 80.0 Å². The predicted molar refractivity (Wildman–Crippen MR) is 111 cm³/mol. The zero-order valence-electron chi connectivity index (χ0n) is 19.8. The molecule has 174 valence electrons. The van der Waals surface area contributed by atoms with Crippen molar-refractivity contribution < 1.29 is 98.1 Å². The summed E-state index contributed by atoms with van der Waals surface area (Å²) in [6.07, 6.45) is 2.66. The molecule has 2 aliphatic heterocycles. The Balaban J connectivity index is 0.00000228. The van der Waals surface area contributed by atoms with Crippen molar-refractivity contribution in [3.05, 3.63) is 68.8 Å². The summed E-state index contributed by atoms with van der Waals surface area (Å²) in [4.78, 5) is 71.0. The first-order valence-electron chi connectivity index (χ1n) is 10.7. The summed E-state index contributed by atoms with van der Waals surface area (Å²) in [7, 11) is 0. The third kappa shape index (κ3) is 5.64. The molecule has 0 unspecified atom stereocenters. The summed E-state index contributed by atoms with van der Waals surface area (Å²) >= 11 is 0. The molecule has 4 rings (SSSR count). The topological polar surface area (TPSA) is 173 Å². The van der Waals surface area contributed by atoms with Crippen LogP contribution in [-0.4, -0.2) is 35.6 Å². The van der Waals surface area contributed by atoms with E-state index in [-0.39, 0.29) is 116 Å². The third-order valence-electron chi connectivity index (χ3n) is 6.07. The van der Waals surface area contributed by atoms with E-state index in [4.69, 9.17) is 0 Å². The third-order valence-corrected chi connectivity index (χ3v) is 6.07. The number of carboxylic acids is 2. The van der Waals surface area contributed by atoms with Gasteiger partial charge < -0.3 is 19.8 Å². The van der Waals surface area contributed by atoms with Gasteiger partial charge in [-0.1, -0.05) is 25.0 Å².